The van der Waals surface area contributed by atoms with Gasteiger partial charge >= 0.3 is 0 Å². The van der Waals surface area contributed by atoms with Gasteiger partial charge in [0.15, 0.2) is 11.0 Å². The van der Waals surface area contributed by atoms with Crippen LogP contribution in [-0.2, 0) is 11.4 Å². The number of piperazine rings is 1. The molecule has 1 atom stereocenters. The van der Waals surface area contributed by atoms with E-state index < -0.39 is 0 Å². The van der Waals surface area contributed by atoms with E-state index >= 15 is 0 Å². The van der Waals surface area contributed by atoms with Crippen molar-refractivity contribution in [3.63, 3.8) is 0 Å². The highest BCUT2D eigenvalue weighted by molar-refractivity contribution is 8.00. The van der Waals surface area contributed by atoms with E-state index in [4.69, 9.17) is 16.3 Å². The molecule has 7 nitrogen and oxygen atoms in total. The molecule has 0 bridgehead atoms. The summed E-state index contributed by atoms with van der Waals surface area (Å²) in [7, 11) is 0. The van der Waals surface area contributed by atoms with Crippen LogP contribution in [0.4, 0.5) is 5.69 Å². The van der Waals surface area contributed by atoms with Gasteiger partial charge in [-0.25, -0.2) is 0 Å². The van der Waals surface area contributed by atoms with Gasteiger partial charge in [0, 0.05) is 37.9 Å². The molecular formula is C25H28ClN5O2S. The Hall–Kier alpha value is -2.71. The summed E-state index contributed by atoms with van der Waals surface area (Å²) in [5, 5.41) is 9.92. The highest BCUT2D eigenvalue weighted by atomic mass is 35.5. The molecule has 9 heteroatoms. The average molecular weight is 498 g/mol. The second kappa shape index (κ2) is 10.3. The minimum atomic E-state index is -0.234. The van der Waals surface area contributed by atoms with E-state index in [0.717, 1.165) is 50.0 Å². The number of anilines is 1. The molecule has 178 valence electrons. The van der Waals surface area contributed by atoms with Gasteiger partial charge in [-0.05, 0) is 44.0 Å². The van der Waals surface area contributed by atoms with Crippen LogP contribution in [0.2, 0.25) is 5.02 Å². The first kappa shape index (κ1) is 23.1. The topological polar surface area (TPSA) is 63.5 Å². The SMILES string of the molecule is C[C@H](Sc1nnc(COc2ccccc2Cl)n1C1CC1)C(=O)N1CCN(c2ccccc2)CC1. The Labute approximate surface area is 209 Å². The maximum atomic E-state index is 13.2. The van der Waals surface area contributed by atoms with Gasteiger partial charge in [-0.1, -0.05) is 53.7 Å². The average Bonchev–Trinajstić information content (AvgIpc) is 3.64. The molecule has 1 aliphatic carbocycles. The van der Waals surface area contributed by atoms with E-state index in [-0.39, 0.29) is 17.8 Å². The van der Waals surface area contributed by atoms with Crippen molar-refractivity contribution in [1.82, 2.24) is 19.7 Å². The lowest BCUT2D eigenvalue weighted by molar-refractivity contribution is -0.130. The van der Waals surface area contributed by atoms with Crippen LogP contribution in [0.5, 0.6) is 5.75 Å². The number of amides is 1. The molecule has 3 aromatic rings. The normalized spacial score (nSPS) is 17.0. The van der Waals surface area contributed by atoms with Crippen molar-refractivity contribution in [3.8, 4) is 5.75 Å². The monoisotopic (exact) mass is 497 g/mol. The van der Waals surface area contributed by atoms with Gasteiger partial charge in [0.25, 0.3) is 0 Å². The lowest BCUT2D eigenvalue weighted by Crippen LogP contribution is -2.50. The van der Waals surface area contributed by atoms with Gasteiger partial charge < -0.3 is 14.5 Å². The Morgan fingerprint density at radius 2 is 1.76 bits per heavy atom. The molecule has 1 amide bonds. The highest BCUT2D eigenvalue weighted by Gasteiger charge is 2.32. The van der Waals surface area contributed by atoms with Crippen LogP contribution in [0, 0.1) is 0 Å². The number of hydrogen-bond acceptors (Lipinski definition) is 6. The van der Waals surface area contributed by atoms with Crippen LogP contribution in [0.3, 0.4) is 0 Å². The summed E-state index contributed by atoms with van der Waals surface area (Å²) in [5.41, 5.74) is 1.21. The summed E-state index contributed by atoms with van der Waals surface area (Å²) in [4.78, 5) is 17.5. The fourth-order valence-corrected chi connectivity index (χ4v) is 5.39. The molecule has 2 aromatic carbocycles. The third-order valence-corrected chi connectivity index (χ3v) is 7.54. The van der Waals surface area contributed by atoms with Crippen LogP contribution >= 0.6 is 23.4 Å². The molecule has 5 rings (SSSR count). The Bertz CT molecular complexity index is 1130. The molecule has 2 aliphatic rings. The molecule has 0 unspecified atom stereocenters. The van der Waals surface area contributed by atoms with E-state index in [1.54, 1.807) is 6.07 Å². The molecule has 1 saturated carbocycles. The highest BCUT2D eigenvalue weighted by Crippen LogP contribution is 2.40. The fraction of sp³-hybridized carbons (Fsp3) is 0.400. The van der Waals surface area contributed by atoms with Crippen molar-refractivity contribution < 1.29 is 9.53 Å². The number of nitrogens with zero attached hydrogens (tertiary/aromatic N) is 5. The van der Waals surface area contributed by atoms with E-state index in [1.807, 2.05) is 36.1 Å². The maximum Gasteiger partial charge on any atom is 0.236 e. The Kier molecular flexibility index (Phi) is 6.97. The Morgan fingerprint density at radius 1 is 1.06 bits per heavy atom. The van der Waals surface area contributed by atoms with Crippen molar-refractivity contribution in [2.24, 2.45) is 0 Å². The number of benzene rings is 2. The predicted molar refractivity (Wildman–Crippen MR) is 135 cm³/mol. The Morgan fingerprint density at radius 3 is 2.47 bits per heavy atom. The number of aromatic nitrogens is 3. The van der Waals surface area contributed by atoms with Crippen LogP contribution in [0.25, 0.3) is 0 Å². The molecule has 0 N–H and O–H groups in total. The molecule has 0 spiro atoms. The zero-order valence-corrected chi connectivity index (χ0v) is 20.7. The lowest BCUT2D eigenvalue weighted by atomic mass is 10.2. The first-order chi connectivity index (χ1) is 16.6. The van der Waals surface area contributed by atoms with E-state index in [1.165, 1.54) is 17.4 Å². The maximum absolute atomic E-state index is 13.2. The van der Waals surface area contributed by atoms with Crippen molar-refractivity contribution in [2.45, 2.75) is 42.8 Å². The van der Waals surface area contributed by atoms with Gasteiger partial charge in [0.1, 0.15) is 12.4 Å². The van der Waals surface area contributed by atoms with Crippen LogP contribution in [0.1, 0.15) is 31.6 Å². The number of ether oxygens (including phenoxy) is 1. The summed E-state index contributed by atoms with van der Waals surface area (Å²) < 4.78 is 8.04. The zero-order valence-electron chi connectivity index (χ0n) is 19.1. The molecule has 2 heterocycles. The van der Waals surface area contributed by atoms with Crippen LogP contribution in [0.15, 0.2) is 59.8 Å². The number of halogens is 1. The summed E-state index contributed by atoms with van der Waals surface area (Å²) in [6.07, 6.45) is 2.18. The van der Waals surface area contributed by atoms with Crippen molar-refractivity contribution in [3.05, 3.63) is 65.4 Å². The third kappa shape index (κ3) is 5.18. The van der Waals surface area contributed by atoms with Crippen molar-refractivity contribution in [1.29, 1.82) is 0 Å². The smallest absolute Gasteiger partial charge is 0.236 e. The van der Waals surface area contributed by atoms with Crippen molar-refractivity contribution >= 4 is 35.0 Å². The standard InChI is InChI=1S/C25H28ClN5O2S/c1-18(24(32)30-15-13-29(14-16-30)19-7-3-2-4-8-19)34-25-28-27-23(31(25)20-11-12-20)17-33-22-10-6-5-9-21(22)26/h2-10,18,20H,11-17H2,1H3/t18-/m0/s1. The number of rotatable bonds is 8. The minimum absolute atomic E-state index is 0.150. The van der Waals surface area contributed by atoms with Crippen LogP contribution < -0.4 is 9.64 Å². The number of hydrogen-bond donors (Lipinski definition) is 0. The first-order valence-electron chi connectivity index (χ1n) is 11.7. The summed E-state index contributed by atoms with van der Waals surface area (Å²) in [5.74, 6) is 1.54. The third-order valence-electron chi connectivity index (χ3n) is 6.18. The fourth-order valence-electron chi connectivity index (χ4n) is 4.18. The number of carbonyl (C=O) groups excluding carboxylic acids is 1. The molecule has 34 heavy (non-hydrogen) atoms. The van der Waals surface area contributed by atoms with Gasteiger partial charge in [-0.2, -0.15) is 0 Å². The molecule has 1 aliphatic heterocycles. The largest absolute Gasteiger partial charge is 0.484 e. The summed E-state index contributed by atoms with van der Waals surface area (Å²) in [6.45, 7) is 5.39. The number of thioether (sulfide) groups is 1. The number of carbonyl (C=O) groups is 1. The molecule has 0 radical (unpaired) electrons. The zero-order chi connectivity index (χ0) is 23.5. The number of para-hydroxylation sites is 2. The molecule has 1 saturated heterocycles. The van der Waals surface area contributed by atoms with Gasteiger partial charge in [0.05, 0.1) is 10.3 Å². The van der Waals surface area contributed by atoms with Crippen LogP contribution in [-0.4, -0.2) is 57.0 Å². The first-order valence-corrected chi connectivity index (χ1v) is 12.9. The summed E-state index contributed by atoms with van der Waals surface area (Å²) >= 11 is 7.70. The predicted octanol–water partition coefficient (Wildman–Crippen LogP) is 4.67. The molecule has 2 fully saturated rings. The quantitative estimate of drug-likeness (QED) is 0.421. The van der Waals surface area contributed by atoms with E-state index in [9.17, 15) is 4.79 Å². The molecular weight excluding hydrogens is 470 g/mol. The van der Waals surface area contributed by atoms with Gasteiger partial charge in [0.2, 0.25) is 5.91 Å². The minimum Gasteiger partial charge on any atom is -0.484 e. The molecule has 1 aromatic heterocycles. The summed E-state index contributed by atoms with van der Waals surface area (Å²) in [6, 6.07) is 18.1. The van der Waals surface area contributed by atoms with E-state index in [2.05, 4.69) is 43.9 Å². The second-order valence-corrected chi connectivity index (χ2v) is 10.3. The lowest BCUT2D eigenvalue weighted by Gasteiger charge is -2.37. The van der Waals surface area contributed by atoms with E-state index in [0.29, 0.717) is 16.8 Å². The van der Waals surface area contributed by atoms with Gasteiger partial charge in [-0.3, -0.25) is 9.36 Å². The second-order valence-electron chi connectivity index (χ2n) is 8.63. The van der Waals surface area contributed by atoms with Gasteiger partial charge in [-0.15, -0.1) is 10.2 Å². The van der Waals surface area contributed by atoms with Crippen molar-refractivity contribution in [2.75, 3.05) is 31.1 Å². The Balaban J connectivity index is 1.20.